The van der Waals surface area contributed by atoms with E-state index in [-0.39, 0.29) is 18.3 Å². The first-order valence-corrected chi connectivity index (χ1v) is 6.63. The molecule has 1 aromatic heterocycles. The predicted octanol–water partition coefficient (Wildman–Crippen LogP) is 3.03. The Morgan fingerprint density at radius 3 is 2.84 bits per heavy atom. The minimum atomic E-state index is 0. The van der Waals surface area contributed by atoms with Crippen molar-refractivity contribution < 1.29 is 4.79 Å². The van der Waals surface area contributed by atoms with Crippen LogP contribution in [0.1, 0.15) is 34.9 Å². The summed E-state index contributed by atoms with van der Waals surface area (Å²) in [4.78, 5) is 14.6. The second kappa shape index (κ2) is 4.36. The molecule has 1 unspecified atom stereocenters. The van der Waals surface area contributed by atoms with Gasteiger partial charge in [0.05, 0.1) is 11.6 Å². The first kappa shape index (κ1) is 12.7. The first-order chi connectivity index (χ1) is 8.77. The highest BCUT2D eigenvalue weighted by molar-refractivity contribution is 5.97. The van der Waals surface area contributed by atoms with Gasteiger partial charge in [0, 0.05) is 24.0 Å². The van der Waals surface area contributed by atoms with Crippen LogP contribution in [0.3, 0.4) is 0 Å². The lowest BCUT2D eigenvalue weighted by molar-refractivity contribution is 0.0833. The van der Waals surface area contributed by atoms with E-state index in [1.54, 1.807) is 0 Å². The Morgan fingerprint density at radius 1 is 1.21 bits per heavy atom. The number of nitrogens with zero attached hydrogens (tertiary/aromatic N) is 2. The number of carbonyl (C=O) groups excluding carboxylic acids is 1. The highest BCUT2D eigenvalue weighted by atomic mass is 35.5. The molecule has 1 aromatic carbocycles. The van der Waals surface area contributed by atoms with Gasteiger partial charge < -0.3 is 0 Å². The molecule has 0 radical (unpaired) electrons. The molecule has 0 N–H and O–H groups in total. The summed E-state index contributed by atoms with van der Waals surface area (Å²) in [5, 5.41) is 1.28. The van der Waals surface area contributed by atoms with Gasteiger partial charge in [0.2, 0.25) is 5.91 Å². The van der Waals surface area contributed by atoms with Crippen molar-refractivity contribution in [1.29, 1.82) is 0 Å². The van der Waals surface area contributed by atoms with Gasteiger partial charge in [-0.15, -0.1) is 12.4 Å². The molecule has 0 fully saturated rings. The molecule has 1 atom stereocenters. The molecular weight excluding hydrogens is 260 g/mol. The Kier molecular flexibility index (Phi) is 2.91. The van der Waals surface area contributed by atoms with Crippen LogP contribution in [-0.4, -0.2) is 29.0 Å². The number of rotatable bonds is 0. The molecule has 0 bridgehead atoms. The SMILES string of the molecule is CN1CCc2c3n(c4ccccc24)C(=O)CCC31.Cl. The van der Waals surface area contributed by atoms with E-state index in [0.29, 0.717) is 12.5 Å². The van der Waals surface area contributed by atoms with Crippen LogP contribution in [0.4, 0.5) is 0 Å². The highest BCUT2D eigenvalue weighted by Crippen LogP contribution is 2.41. The maximum Gasteiger partial charge on any atom is 0.231 e. The zero-order valence-electron chi connectivity index (χ0n) is 10.9. The van der Waals surface area contributed by atoms with Crippen LogP contribution in [0.5, 0.6) is 0 Å². The standard InChI is InChI=1S/C15H16N2O.ClH/c1-16-9-8-11-10-4-2-3-5-12(10)17-14(18)7-6-13(16)15(11)17;/h2-5,13H,6-9H2,1H3;1H. The number of likely N-dealkylation sites (N-methyl/N-ethyl adjacent to an activating group) is 1. The molecule has 2 aliphatic rings. The lowest BCUT2D eigenvalue weighted by Crippen LogP contribution is -2.37. The minimum absolute atomic E-state index is 0. The topological polar surface area (TPSA) is 25.2 Å². The summed E-state index contributed by atoms with van der Waals surface area (Å²) in [6.07, 6.45) is 2.70. The van der Waals surface area contributed by atoms with E-state index in [1.807, 2.05) is 10.6 Å². The van der Waals surface area contributed by atoms with Gasteiger partial charge in [-0.3, -0.25) is 14.3 Å². The average Bonchev–Trinajstić information content (AvgIpc) is 2.72. The summed E-state index contributed by atoms with van der Waals surface area (Å²) in [5.74, 6) is 0.263. The number of fused-ring (bicyclic) bond motifs is 3. The van der Waals surface area contributed by atoms with Crippen molar-refractivity contribution in [2.45, 2.75) is 25.3 Å². The lowest BCUT2D eigenvalue weighted by atomic mass is 9.93. The molecule has 0 saturated heterocycles. The summed E-state index contributed by atoms with van der Waals surface area (Å²) >= 11 is 0. The van der Waals surface area contributed by atoms with E-state index in [2.05, 4.69) is 30.1 Å². The largest absolute Gasteiger partial charge is 0.298 e. The molecule has 2 aromatic rings. The van der Waals surface area contributed by atoms with Gasteiger partial charge in [0.1, 0.15) is 0 Å². The van der Waals surface area contributed by atoms with Crippen LogP contribution in [0.2, 0.25) is 0 Å². The number of halogens is 1. The Labute approximate surface area is 118 Å². The maximum atomic E-state index is 12.2. The molecule has 0 saturated carbocycles. The number of hydrogen-bond acceptors (Lipinski definition) is 2. The summed E-state index contributed by atoms with van der Waals surface area (Å²) in [6.45, 7) is 1.10. The molecule has 3 nitrogen and oxygen atoms in total. The van der Waals surface area contributed by atoms with E-state index in [0.717, 1.165) is 24.9 Å². The highest BCUT2D eigenvalue weighted by Gasteiger charge is 2.35. The molecule has 0 spiro atoms. The summed E-state index contributed by atoms with van der Waals surface area (Å²) in [6, 6.07) is 8.76. The van der Waals surface area contributed by atoms with Crippen LogP contribution >= 0.6 is 12.4 Å². The van der Waals surface area contributed by atoms with Crippen LogP contribution in [0.25, 0.3) is 10.9 Å². The molecule has 0 amide bonds. The Morgan fingerprint density at radius 2 is 2.00 bits per heavy atom. The molecule has 0 aliphatic carbocycles. The maximum absolute atomic E-state index is 12.2. The smallest absolute Gasteiger partial charge is 0.231 e. The Balaban J connectivity index is 0.00000110. The lowest BCUT2D eigenvalue weighted by Gasteiger charge is -2.36. The molecular formula is C15H17ClN2O. The number of carbonyl (C=O) groups is 1. The monoisotopic (exact) mass is 276 g/mol. The second-order valence-electron chi connectivity index (χ2n) is 5.40. The van der Waals surface area contributed by atoms with Crippen LogP contribution < -0.4 is 0 Å². The quantitative estimate of drug-likeness (QED) is 0.739. The van der Waals surface area contributed by atoms with Crippen molar-refractivity contribution in [2.24, 2.45) is 0 Å². The molecule has 3 heterocycles. The fourth-order valence-corrected chi connectivity index (χ4v) is 3.59. The second-order valence-corrected chi connectivity index (χ2v) is 5.40. The van der Waals surface area contributed by atoms with Gasteiger partial charge in [0.15, 0.2) is 0 Å². The van der Waals surface area contributed by atoms with Crippen LogP contribution in [-0.2, 0) is 6.42 Å². The van der Waals surface area contributed by atoms with Crippen LogP contribution in [0.15, 0.2) is 24.3 Å². The molecule has 4 rings (SSSR count). The van der Waals surface area contributed by atoms with Gasteiger partial charge in [-0.05, 0) is 31.5 Å². The molecule has 2 aliphatic heterocycles. The zero-order chi connectivity index (χ0) is 12.3. The summed E-state index contributed by atoms with van der Waals surface area (Å²) < 4.78 is 1.98. The van der Waals surface area contributed by atoms with Crippen molar-refractivity contribution >= 4 is 29.2 Å². The minimum Gasteiger partial charge on any atom is -0.298 e. The molecule has 4 heteroatoms. The van der Waals surface area contributed by atoms with E-state index >= 15 is 0 Å². The third-order valence-corrected chi connectivity index (χ3v) is 4.46. The fraction of sp³-hybridized carbons (Fsp3) is 0.400. The summed E-state index contributed by atoms with van der Waals surface area (Å²) in [7, 11) is 2.17. The van der Waals surface area contributed by atoms with Crippen molar-refractivity contribution in [3.8, 4) is 0 Å². The third kappa shape index (κ3) is 1.58. The van der Waals surface area contributed by atoms with Gasteiger partial charge in [-0.2, -0.15) is 0 Å². The van der Waals surface area contributed by atoms with E-state index in [9.17, 15) is 4.79 Å². The number of aromatic nitrogens is 1. The van der Waals surface area contributed by atoms with E-state index < -0.39 is 0 Å². The third-order valence-electron chi connectivity index (χ3n) is 4.46. The van der Waals surface area contributed by atoms with Crippen molar-refractivity contribution in [1.82, 2.24) is 9.47 Å². The van der Waals surface area contributed by atoms with Gasteiger partial charge in [-0.25, -0.2) is 0 Å². The Hall–Kier alpha value is -1.32. The average molecular weight is 277 g/mol. The number of hydrogen-bond donors (Lipinski definition) is 0. The first-order valence-electron chi connectivity index (χ1n) is 6.63. The Bertz CT molecular complexity index is 661. The van der Waals surface area contributed by atoms with Gasteiger partial charge in [0.25, 0.3) is 0 Å². The van der Waals surface area contributed by atoms with Gasteiger partial charge in [-0.1, -0.05) is 18.2 Å². The fourth-order valence-electron chi connectivity index (χ4n) is 3.59. The van der Waals surface area contributed by atoms with Crippen molar-refractivity contribution in [2.75, 3.05) is 13.6 Å². The van der Waals surface area contributed by atoms with Crippen molar-refractivity contribution in [3.63, 3.8) is 0 Å². The molecule has 19 heavy (non-hydrogen) atoms. The zero-order valence-corrected chi connectivity index (χ0v) is 11.7. The van der Waals surface area contributed by atoms with Crippen molar-refractivity contribution in [3.05, 3.63) is 35.5 Å². The summed E-state index contributed by atoms with van der Waals surface area (Å²) in [5.41, 5.74) is 3.77. The number of para-hydroxylation sites is 1. The van der Waals surface area contributed by atoms with E-state index in [4.69, 9.17) is 0 Å². The molecule has 100 valence electrons. The normalized spacial score (nSPS) is 22.2. The van der Waals surface area contributed by atoms with E-state index in [1.165, 1.54) is 16.6 Å². The number of benzene rings is 1. The van der Waals surface area contributed by atoms with Crippen LogP contribution in [0, 0.1) is 0 Å². The van der Waals surface area contributed by atoms with Gasteiger partial charge >= 0.3 is 0 Å². The predicted molar refractivity (Wildman–Crippen MR) is 78.1 cm³/mol.